The number of benzene rings is 2. The van der Waals surface area contributed by atoms with Crippen molar-refractivity contribution in [2.24, 2.45) is 0 Å². The zero-order valence-corrected chi connectivity index (χ0v) is 16.2. The van der Waals surface area contributed by atoms with Crippen molar-refractivity contribution in [2.75, 3.05) is 18.4 Å². The summed E-state index contributed by atoms with van der Waals surface area (Å²) in [4.78, 5) is 22.9. The summed E-state index contributed by atoms with van der Waals surface area (Å²) in [6, 6.07) is 10.0. The van der Waals surface area contributed by atoms with Gasteiger partial charge >= 0.3 is 0 Å². The first kappa shape index (κ1) is 20.0. The molecule has 0 radical (unpaired) electrons. The number of nitrogens with one attached hydrogen (secondary N) is 1. The third-order valence-electron chi connectivity index (χ3n) is 4.70. The number of carbonyl (C=O) groups excluding carboxylic acids is 1. The van der Waals surface area contributed by atoms with Gasteiger partial charge in [-0.15, -0.1) is 0 Å². The number of hydrogen-bond donors (Lipinski definition) is 1. The second kappa shape index (κ2) is 8.07. The Balaban J connectivity index is 1.86. The number of amides is 1. The van der Waals surface area contributed by atoms with Crippen molar-refractivity contribution in [1.82, 2.24) is 4.31 Å². The van der Waals surface area contributed by atoms with Crippen LogP contribution in [0.4, 0.5) is 11.4 Å². The van der Waals surface area contributed by atoms with E-state index < -0.39 is 20.9 Å². The summed E-state index contributed by atoms with van der Waals surface area (Å²) >= 11 is 0. The topological polar surface area (TPSA) is 110 Å². The first-order valence-corrected chi connectivity index (χ1v) is 10.4. The zero-order chi connectivity index (χ0) is 20.3. The lowest BCUT2D eigenvalue weighted by Crippen LogP contribution is -2.36. The van der Waals surface area contributed by atoms with Crippen LogP contribution in [-0.2, 0) is 10.0 Å². The van der Waals surface area contributed by atoms with Crippen LogP contribution in [0.15, 0.2) is 47.4 Å². The number of anilines is 1. The van der Waals surface area contributed by atoms with Gasteiger partial charge in [-0.05, 0) is 43.5 Å². The van der Waals surface area contributed by atoms with Crippen molar-refractivity contribution in [3.05, 3.63) is 63.7 Å². The number of piperidine rings is 1. The number of nitro benzene ring substituents is 1. The third kappa shape index (κ3) is 4.20. The molecule has 1 heterocycles. The molecule has 148 valence electrons. The van der Waals surface area contributed by atoms with Crippen LogP contribution in [0, 0.1) is 17.0 Å². The molecule has 1 aliphatic heterocycles. The molecule has 2 aromatic rings. The van der Waals surface area contributed by atoms with Crippen molar-refractivity contribution in [3.63, 3.8) is 0 Å². The molecule has 1 N–H and O–H groups in total. The van der Waals surface area contributed by atoms with Crippen LogP contribution in [0.5, 0.6) is 0 Å². The van der Waals surface area contributed by atoms with E-state index in [1.165, 1.54) is 34.6 Å². The minimum Gasteiger partial charge on any atom is -0.322 e. The lowest BCUT2D eigenvalue weighted by atomic mass is 10.1. The summed E-state index contributed by atoms with van der Waals surface area (Å²) in [6.07, 6.45) is 2.69. The Kier molecular flexibility index (Phi) is 5.76. The predicted molar refractivity (Wildman–Crippen MR) is 105 cm³/mol. The summed E-state index contributed by atoms with van der Waals surface area (Å²) in [5.41, 5.74) is 0.844. The molecule has 28 heavy (non-hydrogen) atoms. The number of hydrogen-bond acceptors (Lipinski definition) is 5. The van der Waals surface area contributed by atoms with Crippen LogP contribution >= 0.6 is 0 Å². The molecule has 0 aromatic heterocycles. The third-order valence-corrected chi connectivity index (χ3v) is 6.74. The second-order valence-corrected chi connectivity index (χ2v) is 8.61. The molecule has 8 nitrogen and oxygen atoms in total. The molecular weight excluding hydrogens is 382 g/mol. The van der Waals surface area contributed by atoms with Gasteiger partial charge in [-0.2, -0.15) is 4.31 Å². The molecule has 0 atom stereocenters. The molecule has 0 unspecified atom stereocenters. The number of nitro groups is 1. The highest BCUT2D eigenvalue weighted by Gasteiger charge is 2.27. The lowest BCUT2D eigenvalue weighted by molar-refractivity contribution is -0.384. The Labute approximate surface area is 163 Å². The van der Waals surface area contributed by atoms with Crippen LogP contribution in [0.25, 0.3) is 0 Å². The van der Waals surface area contributed by atoms with Crippen molar-refractivity contribution < 1.29 is 18.1 Å². The van der Waals surface area contributed by atoms with Crippen molar-refractivity contribution in [2.45, 2.75) is 31.1 Å². The summed E-state index contributed by atoms with van der Waals surface area (Å²) in [5.74, 6) is -0.547. The van der Waals surface area contributed by atoms with E-state index >= 15 is 0 Å². The van der Waals surface area contributed by atoms with Gasteiger partial charge in [0.25, 0.3) is 11.6 Å². The summed E-state index contributed by atoms with van der Waals surface area (Å²) in [5, 5.41) is 13.5. The average molecular weight is 403 g/mol. The number of aryl methyl sites for hydroxylation is 1. The molecule has 1 fully saturated rings. The molecule has 0 spiro atoms. The molecular formula is C19H21N3O5S. The maximum atomic E-state index is 13.0. The minimum atomic E-state index is -3.64. The quantitative estimate of drug-likeness (QED) is 0.608. The molecule has 1 aliphatic rings. The molecule has 0 bridgehead atoms. The highest BCUT2D eigenvalue weighted by atomic mass is 32.2. The standard InChI is InChI=1S/C19H21N3O5S/c1-14-8-9-16(13-18(14)28(26,27)21-10-3-2-4-11-21)20-19(23)15-6-5-7-17(12-15)22(24)25/h5-9,12-13H,2-4,10-11H2,1H3,(H,20,23). The Morgan fingerprint density at radius 1 is 1.11 bits per heavy atom. The second-order valence-electron chi connectivity index (χ2n) is 6.71. The molecule has 0 aliphatic carbocycles. The summed E-state index contributed by atoms with van der Waals surface area (Å²) in [7, 11) is -3.64. The predicted octanol–water partition coefficient (Wildman–Crippen LogP) is 3.33. The Hall–Kier alpha value is -2.78. The van der Waals surface area contributed by atoms with E-state index in [0.29, 0.717) is 24.3 Å². The van der Waals surface area contributed by atoms with Gasteiger partial charge in [-0.1, -0.05) is 18.6 Å². The Morgan fingerprint density at radius 3 is 2.50 bits per heavy atom. The largest absolute Gasteiger partial charge is 0.322 e. The van der Waals surface area contributed by atoms with Crippen LogP contribution in [0.2, 0.25) is 0 Å². The van der Waals surface area contributed by atoms with Gasteiger partial charge in [-0.25, -0.2) is 8.42 Å². The first-order valence-electron chi connectivity index (χ1n) is 8.95. The van der Waals surface area contributed by atoms with Crippen LogP contribution in [0.3, 0.4) is 0 Å². The van der Waals surface area contributed by atoms with Gasteiger partial charge in [0.05, 0.1) is 9.82 Å². The Bertz CT molecular complexity index is 1010. The highest BCUT2D eigenvalue weighted by molar-refractivity contribution is 7.89. The lowest BCUT2D eigenvalue weighted by Gasteiger charge is -2.26. The number of rotatable bonds is 5. The van der Waals surface area contributed by atoms with E-state index in [1.54, 1.807) is 19.1 Å². The van der Waals surface area contributed by atoms with E-state index in [1.807, 2.05) is 0 Å². The molecule has 9 heteroatoms. The van der Waals surface area contributed by atoms with Gasteiger partial charge < -0.3 is 5.32 Å². The van der Waals surface area contributed by atoms with Crippen molar-refractivity contribution in [3.8, 4) is 0 Å². The summed E-state index contributed by atoms with van der Waals surface area (Å²) in [6.45, 7) is 2.70. The average Bonchev–Trinajstić information content (AvgIpc) is 2.70. The number of sulfonamides is 1. The highest BCUT2D eigenvalue weighted by Crippen LogP contribution is 2.26. The van der Waals surface area contributed by atoms with E-state index in [4.69, 9.17) is 0 Å². The molecule has 2 aromatic carbocycles. The fraction of sp³-hybridized carbons (Fsp3) is 0.316. The molecule has 3 rings (SSSR count). The van der Waals surface area contributed by atoms with Crippen molar-refractivity contribution >= 4 is 27.3 Å². The van der Waals surface area contributed by atoms with Crippen LogP contribution < -0.4 is 5.32 Å². The number of carbonyl (C=O) groups is 1. The normalized spacial score (nSPS) is 15.2. The minimum absolute atomic E-state index is 0.121. The zero-order valence-electron chi connectivity index (χ0n) is 15.4. The van der Waals surface area contributed by atoms with Gasteiger partial charge in [0, 0.05) is 36.5 Å². The molecule has 0 saturated carbocycles. The SMILES string of the molecule is Cc1ccc(NC(=O)c2cccc([N+](=O)[O-])c2)cc1S(=O)(=O)N1CCCCC1. The van der Waals surface area contributed by atoms with Crippen LogP contribution in [-0.4, -0.2) is 36.6 Å². The van der Waals surface area contributed by atoms with Crippen molar-refractivity contribution in [1.29, 1.82) is 0 Å². The first-order chi connectivity index (χ1) is 13.3. The van der Waals surface area contributed by atoms with E-state index in [-0.39, 0.29) is 16.1 Å². The summed E-state index contributed by atoms with van der Waals surface area (Å²) < 4.78 is 27.4. The van der Waals surface area contributed by atoms with E-state index in [0.717, 1.165) is 19.3 Å². The van der Waals surface area contributed by atoms with Gasteiger partial charge in [-0.3, -0.25) is 14.9 Å². The van der Waals surface area contributed by atoms with Gasteiger partial charge in [0.15, 0.2) is 0 Å². The molecule has 1 amide bonds. The van der Waals surface area contributed by atoms with Crippen LogP contribution in [0.1, 0.15) is 35.2 Å². The fourth-order valence-corrected chi connectivity index (χ4v) is 4.93. The Morgan fingerprint density at radius 2 is 1.82 bits per heavy atom. The smallest absolute Gasteiger partial charge is 0.270 e. The number of non-ortho nitro benzene ring substituents is 1. The van der Waals surface area contributed by atoms with E-state index in [2.05, 4.69) is 5.32 Å². The maximum Gasteiger partial charge on any atom is 0.270 e. The maximum absolute atomic E-state index is 13.0. The van der Waals surface area contributed by atoms with Gasteiger partial charge in [0.1, 0.15) is 0 Å². The molecule has 1 saturated heterocycles. The number of nitrogens with zero attached hydrogens (tertiary/aromatic N) is 2. The monoisotopic (exact) mass is 403 g/mol. The fourth-order valence-electron chi connectivity index (χ4n) is 3.16. The van der Waals surface area contributed by atoms with Gasteiger partial charge in [0.2, 0.25) is 10.0 Å². The van der Waals surface area contributed by atoms with E-state index in [9.17, 15) is 23.3 Å².